The number of nitro benzene ring substituents is 1. The number of anilines is 1. The summed E-state index contributed by atoms with van der Waals surface area (Å²) in [5, 5.41) is 10.8. The zero-order chi connectivity index (χ0) is 18.6. The van der Waals surface area contributed by atoms with Crippen LogP contribution in [0.5, 0.6) is 17.2 Å². The van der Waals surface area contributed by atoms with E-state index in [9.17, 15) is 18.5 Å². The fourth-order valence-electron chi connectivity index (χ4n) is 2.12. The van der Waals surface area contributed by atoms with Crippen molar-refractivity contribution < 1.29 is 27.6 Å². The van der Waals surface area contributed by atoms with Crippen molar-refractivity contribution in [2.75, 3.05) is 26.1 Å². The van der Waals surface area contributed by atoms with Gasteiger partial charge < -0.3 is 14.2 Å². The van der Waals surface area contributed by atoms with Crippen molar-refractivity contribution in [1.82, 2.24) is 0 Å². The molecule has 0 aliphatic carbocycles. The quantitative estimate of drug-likeness (QED) is 0.589. The average Bonchev–Trinajstić information content (AvgIpc) is 2.60. The molecule has 0 bridgehead atoms. The largest absolute Gasteiger partial charge is 0.493 e. The Labute approximate surface area is 144 Å². The molecule has 2 aromatic carbocycles. The maximum absolute atomic E-state index is 12.5. The minimum absolute atomic E-state index is 0.154. The minimum Gasteiger partial charge on any atom is -0.493 e. The molecular weight excluding hydrogens is 352 g/mol. The standard InChI is InChI=1S/C15H16N2O7S/c1-22-13-7-10(8-14(23-2)15(13)24-3)16-25(20,21)12-6-4-5-11(9-12)17(18)19/h4-9,16H,1-3H3. The maximum atomic E-state index is 12.5. The molecule has 0 aliphatic rings. The summed E-state index contributed by atoms with van der Waals surface area (Å²) in [5.74, 6) is 0.834. The van der Waals surface area contributed by atoms with Gasteiger partial charge in [-0.05, 0) is 6.07 Å². The predicted octanol–water partition coefficient (Wildman–Crippen LogP) is 2.42. The van der Waals surface area contributed by atoms with Gasteiger partial charge in [0.1, 0.15) is 0 Å². The fourth-order valence-corrected chi connectivity index (χ4v) is 3.20. The second-order valence-electron chi connectivity index (χ2n) is 4.77. The number of nitrogens with zero attached hydrogens (tertiary/aromatic N) is 1. The van der Waals surface area contributed by atoms with Gasteiger partial charge in [0.15, 0.2) is 11.5 Å². The van der Waals surface area contributed by atoms with Gasteiger partial charge in [-0.25, -0.2) is 8.42 Å². The Balaban J connectivity index is 2.44. The van der Waals surface area contributed by atoms with Gasteiger partial charge in [0.25, 0.3) is 15.7 Å². The van der Waals surface area contributed by atoms with Crippen molar-refractivity contribution in [2.24, 2.45) is 0 Å². The molecule has 0 spiro atoms. The average molecular weight is 368 g/mol. The van der Waals surface area contributed by atoms with Crippen molar-refractivity contribution in [3.05, 3.63) is 46.5 Å². The van der Waals surface area contributed by atoms with Crippen LogP contribution in [-0.4, -0.2) is 34.7 Å². The molecule has 1 N–H and O–H groups in total. The van der Waals surface area contributed by atoms with Gasteiger partial charge in [-0.1, -0.05) is 6.07 Å². The van der Waals surface area contributed by atoms with E-state index in [0.717, 1.165) is 6.07 Å². The van der Waals surface area contributed by atoms with Gasteiger partial charge in [-0.2, -0.15) is 0 Å². The SMILES string of the molecule is COc1cc(NS(=O)(=O)c2cccc([N+](=O)[O-])c2)cc(OC)c1OC. The molecule has 0 aromatic heterocycles. The van der Waals surface area contributed by atoms with Crippen LogP contribution in [-0.2, 0) is 10.0 Å². The van der Waals surface area contributed by atoms with E-state index in [0.29, 0.717) is 5.75 Å². The number of non-ortho nitro benzene ring substituents is 1. The van der Waals surface area contributed by atoms with Crippen molar-refractivity contribution in [3.63, 3.8) is 0 Å². The molecule has 9 nitrogen and oxygen atoms in total. The van der Waals surface area contributed by atoms with E-state index in [1.54, 1.807) is 0 Å². The molecule has 0 unspecified atom stereocenters. The van der Waals surface area contributed by atoms with E-state index in [-0.39, 0.29) is 27.8 Å². The molecule has 2 rings (SSSR count). The molecule has 10 heteroatoms. The lowest BCUT2D eigenvalue weighted by Gasteiger charge is -2.15. The number of hydrogen-bond donors (Lipinski definition) is 1. The van der Waals surface area contributed by atoms with Crippen LogP contribution in [0.25, 0.3) is 0 Å². The van der Waals surface area contributed by atoms with Gasteiger partial charge in [-0.15, -0.1) is 0 Å². The summed E-state index contributed by atoms with van der Waals surface area (Å²) >= 11 is 0. The first kappa shape index (κ1) is 18.3. The first-order chi connectivity index (χ1) is 11.8. The summed E-state index contributed by atoms with van der Waals surface area (Å²) in [7, 11) is 0.177. The number of nitrogens with one attached hydrogen (secondary N) is 1. The smallest absolute Gasteiger partial charge is 0.270 e. The molecule has 0 radical (unpaired) electrons. The third kappa shape index (κ3) is 3.91. The van der Waals surface area contributed by atoms with Crippen LogP contribution in [0.4, 0.5) is 11.4 Å². The molecule has 0 heterocycles. The monoisotopic (exact) mass is 368 g/mol. The highest BCUT2D eigenvalue weighted by atomic mass is 32.2. The molecular formula is C15H16N2O7S. The molecule has 0 saturated carbocycles. The highest BCUT2D eigenvalue weighted by molar-refractivity contribution is 7.92. The Hall–Kier alpha value is -3.01. The normalized spacial score (nSPS) is 10.8. The molecule has 25 heavy (non-hydrogen) atoms. The number of nitro groups is 1. The molecule has 0 saturated heterocycles. The Morgan fingerprint density at radius 2 is 1.60 bits per heavy atom. The maximum Gasteiger partial charge on any atom is 0.270 e. The molecule has 0 aliphatic heterocycles. The molecule has 2 aromatic rings. The lowest BCUT2D eigenvalue weighted by atomic mass is 10.2. The van der Waals surface area contributed by atoms with E-state index in [4.69, 9.17) is 14.2 Å². The van der Waals surface area contributed by atoms with Gasteiger partial charge in [0.2, 0.25) is 5.75 Å². The zero-order valence-corrected chi connectivity index (χ0v) is 14.5. The van der Waals surface area contributed by atoms with Crippen molar-refractivity contribution in [1.29, 1.82) is 0 Å². The Morgan fingerprint density at radius 3 is 2.08 bits per heavy atom. The second kappa shape index (κ2) is 7.26. The van der Waals surface area contributed by atoms with E-state index in [1.165, 1.54) is 51.7 Å². The van der Waals surface area contributed by atoms with E-state index >= 15 is 0 Å². The summed E-state index contributed by atoms with van der Waals surface area (Å²) in [6, 6.07) is 7.56. The number of hydrogen-bond acceptors (Lipinski definition) is 7. The van der Waals surface area contributed by atoms with Crippen LogP contribution in [0.2, 0.25) is 0 Å². The summed E-state index contributed by atoms with van der Waals surface area (Å²) in [5.41, 5.74) is -0.172. The topological polar surface area (TPSA) is 117 Å². The van der Waals surface area contributed by atoms with Crippen molar-refractivity contribution >= 4 is 21.4 Å². The van der Waals surface area contributed by atoms with Gasteiger partial charge in [0, 0.05) is 24.3 Å². The van der Waals surface area contributed by atoms with Gasteiger partial charge >= 0.3 is 0 Å². The fraction of sp³-hybridized carbons (Fsp3) is 0.200. The molecule has 0 amide bonds. The Kier molecular flexibility index (Phi) is 5.32. The number of ether oxygens (including phenoxy) is 3. The molecule has 0 atom stereocenters. The van der Waals surface area contributed by atoms with Crippen LogP contribution in [0.3, 0.4) is 0 Å². The zero-order valence-electron chi connectivity index (χ0n) is 13.7. The van der Waals surface area contributed by atoms with E-state index < -0.39 is 14.9 Å². The van der Waals surface area contributed by atoms with Crippen LogP contribution in [0.1, 0.15) is 0 Å². The summed E-state index contributed by atoms with van der Waals surface area (Å²) < 4.78 is 42.8. The number of rotatable bonds is 7. The van der Waals surface area contributed by atoms with Crippen LogP contribution in [0.15, 0.2) is 41.3 Å². The van der Waals surface area contributed by atoms with Gasteiger partial charge in [-0.3, -0.25) is 14.8 Å². The van der Waals surface area contributed by atoms with E-state index in [1.807, 2.05) is 0 Å². The first-order valence-electron chi connectivity index (χ1n) is 6.89. The third-order valence-corrected chi connectivity index (χ3v) is 4.63. The summed E-state index contributed by atoms with van der Waals surface area (Å²) in [4.78, 5) is 9.91. The third-order valence-electron chi connectivity index (χ3n) is 3.26. The summed E-state index contributed by atoms with van der Waals surface area (Å²) in [6.07, 6.45) is 0. The second-order valence-corrected chi connectivity index (χ2v) is 6.46. The minimum atomic E-state index is -4.05. The number of benzene rings is 2. The van der Waals surface area contributed by atoms with Crippen LogP contribution >= 0.6 is 0 Å². The molecule has 134 valence electrons. The Morgan fingerprint density at radius 1 is 1.00 bits per heavy atom. The highest BCUT2D eigenvalue weighted by Gasteiger charge is 2.20. The number of sulfonamides is 1. The van der Waals surface area contributed by atoms with Crippen molar-refractivity contribution in [2.45, 2.75) is 4.90 Å². The van der Waals surface area contributed by atoms with E-state index in [2.05, 4.69) is 4.72 Å². The number of methoxy groups -OCH3 is 3. The lowest BCUT2D eigenvalue weighted by Crippen LogP contribution is -2.13. The van der Waals surface area contributed by atoms with Crippen LogP contribution in [0, 0.1) is 10.1 Å². The Bertz CT molecular complexity index is 871. The summed E-state index contributed by atoms with van der Waals surface area (Å²) in [6.45, 7) is 0. The highest BCUT2D eigenvalue weighted by Crippen LogP contribution is 2.40. The first-order valence-corrected chi connectivity index (χ1v) is 8.38. The lowest BCUT2D eigenvalue weighted by molar-refractivity contribution is -0.385. The molecule has 0 fully saturated rings. The van der Waals surface area contributed by atoms with Crippen molar-refractivity contribution in [3.8, 4) is 17.2 Å². The van der Waals surface area contributed by atoms with Gasteiger partial charge in [0.05, 0.1) is 36.8 Å². The predicted molar refractivity (Wildman–Crippen MR) is 90.0 cm³/mol. The van der Waals surface area contributed by atoms with Crippen LogP contribution < -0.4 is 18.9 Å².